The van der Waals surface area contributed by atoms with Crippen molar-refractivity contribution in [2.75, 3.05) is 13.6 Å². The highest BCUT2D eigenvalue weighted by Gasteiger charge is 2.11. The van der Waals surface area contributed by atoms with Gasteiger partial charge in [0, 0.05) is 13.6 Å². The lowest BCUT2D eigenvalue weighted by Crippen LogP contribution is -2.17. The van der Waals surface area contributed by atoms with E-state index in [9.17, 15) is 0 Å². The Bertz CT molecular complexity index is 106. The summed E-state index contributed by atoms with van der Waals surface area (Å²) in [5.74, 6) is 0.877. The average Bonchev–Trinajstić information content (AvgIpc) is 2.28. The highest BCUT2D eigenvalue weighted by Crippen LogP contribution is 2.25. The summed E-state index contributed by atoms with van der Waals surface area (Å²) >= 11 is 0. The first-order chi connectivity index (χ1) is 5.79. The Morgan fingerprint density at radius 1 is 1.17 bits per heavy atom. The molecule has 0 atom stereocenters. The van der Waals surface area contributed by atoms with Crippen LogP contribution in [0.15, 0.2) is 0 Å². The van der Waals surface area contributed by atoms with Gasteiger partial charge in [0.05, 0.1) is 0 Å². The number of hydroxylamine groups is 2. The second-order valence-electron chi connectivity index (χ2n) is 4.03. The first-order valence-corrected chi connectivity index (χ1v) is 5.19. The molecule has 0 saturated heterocycles. The zero-order valence-electron chi connectivity index (χ0n) is 8.13. The van der Waals surface area contributed by atoms with Gasteiger partial charge in [0.2, 0.25) is 0 Å². The van der Waals surface area contributed by atoms with Crippen LogP contribution < -0.4 is 0 Å². The fourth-order valence-corrected chi connectivity index (χ4v) is 2.02. The lowest BCUT2D eigenvalue weighted by Gasteiger charge is -2.15. The summed E-state index contributed by atoms with van der Waals surface area (Å²) in [6.07, 6.45) is 9.59. The largest absolute Gasteiger partial charge is 0.314 e. The maximum Gasteiger partial charge on any atom is 0.0237 e. The minimum atomic E-state index is 0.838. The molecule has 12 heavy (non-hydrogen) atoms. The van der Waals surface area contributed by atoms with Crippen LogP contribution in [0.4, 0.5) is 0 Å². The van der Waals surface area contributed by atoms with Crippen LogP contribution in [-0.2, 0) is 0 Å². The standard InChI is InChI=1S/C10H21NO/c1-11(12)9-8-10-6-4-2-3-5-7-10/h10,12H,2-9H2,1H3. The van der Waals surface area contributed by atoms with Crippen LogP contribution in [0.1, 0.15) is 44.9 Å². The number of hydrogen-bond acceptors (Lipinski definition) is 2. The molecule has 0 amide bonds. The highest BCUT2D eigenvalue weighted by atomic mass is 16.5. The maximum atomic E-state index is 8.99. The zero-order chi connectivity index (χ0) is 8.81. The van der Waals surface area contributed by atoms with Crippen LogP contribution in [0.25, 0.3) is 0 Å². The van der Waals surface area contributed by atoms with E-state index >= 15 is 0 Å². The van der Waals surface area contributed by atoms with E-state index in [1.165, 1.54) is 50.0 Å². The van der Waals surface area contributed by atoms with Crippen molar-refractivity contribution in [1.82, 2.24) is 5.06 Å². The Morgan fingerprint density at radius 2 is 1.75 bits per heavy atom. The Morgan fingerprint density at radius 3 is 2.25 bits per heavy atom. The molecule has 0 bridgehead atoms. The summed E-state index contributed by atoms with van der Waals surface area (Å²) in [5, 5.41) is 10.3. The van der Waals surface area contributed by atoms with Crippen LogP contribution in [0.2, 0.25) is 0 Å². The van der Waals surface area contributed by atoms with E-state index in [2.05, 4.69) is 0 Å². The molecule has 0 heterocycles. The van der Waals surface area contributed by atoms with Crippen molar-refractivity contribution in [3.8, 4) is 0 Å². The van der Waals surface area contributed by atoms with Gasteiger partial charge >= 0.3 is 0 Å². The molecule has 2 nitrogen and oxygen atoms in total. The molecule has 0 aliphatic heterocycles. The molecule has 1 aliphatic rings. The molecule has 2 heteroatoms. The van der Waals surface area contributed by atoms with Crippen LogP contribution >= 0.6 is 0 Å². The summed E-state index contributed by atoms with van der Waals surface area (Å²) in [4.78, 5) is 0. The molecule has 0 radical (unpaired) electrons. The summed E-state index contributed by atoms with van der Waals surface area (Å²) in [7, 11) is 1.73. The molecule has 0 aromatic rings. The van der Waals surface area contributed by atoms with Crippen molar-refractivity contribution >= 4 is 0 Å². The topological polar surface area (TPSA) is 23.5 Å². The van der Waals surface area contributed by atoms with Crippen molar-refractivity contribution in [2.24, 2.45) is 5.92 Å². The van der Waals surface area contributed by atoms with Crippen molar-refractivity contribution in [2.45, 2.75) is 44.9 Å². The van der Waals surface area contributed by atoms with E-state index in [0.29, 0.717) is 0 Å². The van der Waals surface area contributed by atoms with E-state index in [0.717, 1.165) is 12.5 Å². The van der Waals surface area contributed by atoms with Gasteiger partial charge in [0.15, 0.2) is 0 Å². The van der Waals surface area contributed by atoms with Crippen molar-refractivity contribution in [1.29, 1.82) is 0 Å². The smallest absolute Gasteiger partial charge is 0.0237 e. The van der Waals surface area contributed by atoms with E-state index in [1.54, 1.807) is 7.05 Å². The summed E-state index contributed by atoms with van der Waals surface area (Å²) < 4.78 is 0. The maximum absolute atomic E-state index is 8.99. The van der Waals surface area contributed by atoms with Gasteiger partial charge in [-0.2, -0.15) is 5.06 Å². The quantitative estimate of drug-likeness (QED) is 0.521. The second kappa shape index (κ2) is 5.55. The van der Waals surface area contributed by atoms with Crippen molar-refractivity contribution in [3.63, 3.8) is 0 Å². The number of hydrogen-bond donors (Lipinski definition) is 1. The molecule has 0 spiro atoms. The normalized spacial score (nSPS) is 21.2. The first kappa shape index (κ1) is 10.0. The fourth-order valence-electron chi connectivity index (χ4n) is 2.02. The first-order valence-electron chi connectivity index (χ1n) is 5.19. The van der Waals surface area contributed by atoms with Gasteiger partial charge in [0.1, 0.15) is 0 Å². The van der Waals surface area contributed by atoms with E-state index in [-0.39, 0.29) is 0 Å². The van der Waals surface area contributed by atoms with E-state index < -0.39 is 0 Å². The zero-order valence-corrected chi connectivity index (χ0v) is 8.13. The predicted molar refractivity (Wildman–Crippen MR) is 50.2 cm³/mol. The van der Waals surface area contributed by atoms with E-state index in [1.807, 2.05) is 0 Å². The van der Waals surface area contributed by atoms with Crippen molar-refractivity contribution in [3.05, 3.63) is 0 Å². The van der Waals surface area contributed by atoms with Gasteiger partial charge in [-0.25, -0.2) is 0 Å². The monoisotopic (exact) mass is 171 g/mol. The van der Waals surface area contributed by atoms with Crippen molar-refractivity contribution < 1.29 is 5.21 Å². The molecule has 1 aliphatic carbocycles. The van der Waals surface area contributed by atoms with Gasteiger partial charge in [-0.3, -0.25) is 0 Å². The van der Waals surface area contributed by atoms with Crippen LogP contribution in [-0.4, -0.2) is 23.9 Å². The molecular weight excluding hydrogens is 150 g/mol. The minimum absolute atomic E-state index is 0.838. The Labute approximate surface area is 75.5 Å². The molecule has 1 saturated carbocycles. The van der Waals surface area contributed by atoms with Crippen LogP contribution in [0.5, 0.6) is 0 Å². The van der Waals surface area contributed by atoms with Crippen LogP contribution in [0.3, 0.4) is 0 Å². The summed E-state index contributed by atoms with van der Waals surface area (Å²) in [5.41, 5.74) is 0. The molecule has 72 valence electrons. The third-order valence-corrected chi connectivity index (χ3v) is 2.84. The molecular formula is C10H21NO. The molecule has 0 unspecified atom stereocenters. The van der Waals surface area contributed by atoms with Gasteiger partial charge in [-0.1, -0.05) is 38.5 Å². The average molecular weight is 171 g/mol. The summed E-state index contributed by atoms with van der Waals surface area (Å²) in [6, 6.07) is 0. The highest BCUT2D eigenvalue weighted by molar-refractivity contribution is 4.64. The molecule has 1 fully saturated rings. The molecule has 0 aromatic carbocycles. The lowest BCUT2D eigenvalue weighted by atomic mass is 9.97. The van der Waals surface area contributed by atoms with Gasteiger partial charge in [-0.15, -0.1) is 0 Å². The van der Waals surface area contributed by atoms with Gasteiger partial charge in [0.25, 0.3) is 0 Å². The lowest BCUT2D eigenvalue weighted by molar-refractivity contribution is -0.0684. The molecule has 1 rings (SSSR count). The summed E-state index contributed by atoms with van der Waals surface area (Å²) in [6.45, 7) is 0.838. The third kappa shape index (κ3) is 4.07. The number of nitrogens with zero attached hydrogens (tertiary/aromatic N) is 1. The number of rotatable bonds is 3. The Hall–Kier alpha value is -0.0800. The third-order valence-electron chi connectivity index (χ3n) is 2.84. The second-order valence-corrected chi connectivity index (χ2v) is 4.03. The van der Waals surface area contributed by atoms with Gasteiger partial charge in [-0.05, 0) is 12.3 Å². The molecule has 0 aromatic heterocycles. The van der Waals surface area contributed by atoms with Crippen LogP contribution in [0, 0.1) is 5.92 Å². The van der Waals surface area contributed by atoms with E-state index in [4.69, 9.17) is 5.21 Å². The Kier molecular flexibility index (Phi) is 4.62. The van der Waals surface area contributed by atoms with Gasteiger partial charge < -0.3 is 5.21 Å². The Balaban J connectivity index is 2.12. The fraction of sp³-hybridized carbons (Fsp3) is 1.00. The minimum Gasteiger partial charge on any atom is -0.314 e. The SMILES string of the molecule is CN(O)CCC1CCCCCC1. The predicted octanol–water partition coefficient (Wildman–Crippen LogP) is 2.67. The molecule has 1 N–H and O–H groups in total.